The Morgan fingerprint density at radius 1 is 1.26 bits per heavy atom. The summed E-state index contributed by atoms with van der Waals surface area (Å²) in [6, 6.07) is 7.88. The van der Waals surface area contributed by atoms with Gasteiger partial charge in [0.15, 0.2) is 0 Å². The number of aromatic nitrogens is 2. The minimum absolute atomic E-state index is 0.0322. The van der Waals surface area contributed by atoms with Gasteiger partial charge in [0.05, 0.1) is 31.6 Å². The molecule has 3 rings (SSSR count). The van der Waals surface area contributed by atoms with Crippen molar-refractivity contribution in [3.8, 4) is 5.75 Å². The number of aryl methyl sites for hydroxylation is 1. The molecule has 1 fully saturated rings. The Kier molecular flexibility index (Phi) is 8.86. The van der Waals surface area contributed by atoms with Crippen molar-refractivity contribution in [1.29, 1.82) is 0 Å². The molecule has 2 heterocycles. The molecule has 0 radical (unpaired) electrons. The molecule has 31 heavy (non-hydrogen) atoms. The smallest absolute Gasteiger partial charge is 0.244 e. The molecule has 2 aromatic rings. The third-order valence-corrected chi connectivity index (χ3v) is 5.17. The Labute approximate surface area is 182 Å². The molecule has 0 aliphatic carbocycles. The molecule has 1 aliphatic heterocycles. The van der Waals surface area contributed by atoms with Crippen LogP contribution in [0.2, 0.25) is 0 Å². The second-order valence-electron chi connectivity index (χ2n) is 7.54. The molecule has 0 bridgehead atoms. The second kappa shape index (κ2) is 12.1. The summed E-state index contributed by atoms with van der Waals surface area (Å²) in [7, 11) is 0. The zero-order valence-electron chi connectivity index (χ0n) is 18.0. The number of rotatable bonds is 12. The van der Waals surface area contributed by atoms with Gasteiger partial charge in [-0.3, -0.25) is 19.2 Å². The number of hydrogen-bond acceptors (Lipinski definition) is 6. The average Bonchev–Trinajstić information content (AvgIpc) is 3.22. The number of ether oxygens (including phenoxy) is 2. The fourth-order valence-corrected chi connectivity index (χ4v) is 3.41. The van der Waals surface area contributed by atoms with E-state index in [1.54, 1.807) is 6.20 Å². The normalized spacial score (nSPS) is 14.2. The molecule has 1 aromatic heterocycles. The molecule has 1 aliphatic rings. The van der Waals surface area contributed by atoms with E-state index in [0.717, 1.165) is 45.0 Å². The van der Waals surface area contributed by atoms with Crippen LogP contribution >= 0.6 is 0 Å². The van der Waals surface area contributed by atoms with Gasteiger partial charge in [-0.1, -0.05) is 17.7 Å². The van der Waals surface area contributed by atoms with E-state index in [1.165, 1.54) is 16.4 Å². The highest BCUT2D eigenvalue weighted by Crippen LogP contribution is 2.11. The Morgan fingerprint density at radius 2 is 2.03 bits per heavy atom. The lowest BCUT2D eigenvalue weighted by Gasteiger charge is -2.28. The van der Waals surface area contributed by atoms with Crippen LogP contribution in [-0.4, -0.2) is 84.4 Å². The molecule has 9 nitrogen and oxygen atoms in total. The predicted molar refractivity (Wildman–Crippen MR) is 117 cm³/mol. The number of amides is 2. The Hall–Kier alpha value is -2.91. The Bertz CT molecular complexity index is 818. The van der Waals surface area contributed by atoms with Crippen LogP contribution in [0.15, 0.2) is 36.7 Å². The quantitative estimate of drug-likeness (QED) is 0.513. The van der Waals surface area contributed by atoms with E-state index < -0.39 is 0 Å². The highest BCUT2D eigenvalue weighted by Gasteiger charge is 2.16. The molecule has 168 valence electrons. The number of benzene rings is 1. The third kappa shape index (κ3) is 7.69. The molecule has 0 unspecified atom stereocenters. The minimum atomic E-state index is -0.0322. The first kappa shape index (κ1) is 22.8. The number of morpholine rings is 1. The van der Waals surface area contributed by atoms with Crippen molar-refractivity contribution < 1.29 is 19.1 Å². The topological polar surface area (TPSA) is 88.9 Å². The summed E-state index contributed by atoms with van der Waals surface area (Å²) in [6.07, 6.45) is 4.63. The molecule has 1 saturated heterocycles. The second-order valence-corrected chi connectivity index (χ2v) is 7.54. The zero-order valence-corrected chi connectivity index (χ0v) is 18.0. The standard InChI is InChI=1S/C22H31N5O4/c1-19-3-5-21(6-4-19)31-14-11-26(8-2-7-25-9-12-30-13-10-25)22(29)17-27-16-20(15-24-27)23-18-28/h3-6,15-16,18H,2,7-14,17H2,1H3,(H,23,28). The van der Waals surface area contributed by atoms with Crippen LogP contribution < -0.4 is 10.1 Å². The van der Waals surface area contributed by atoms with Crippen molar-refractivity contribution in [3.05, 3.63) is 42.2 Å². The third-order valence-electron chi connectivity index (χ3n) is 5.17. The number of anilines is 1. The van der Waals surface area contributed by atoms with Crippen molar-refractivity contribution in [2.45, 2.75) is 19.9 Å². The number of hydrogen-bond donors (Lipinski definition) is 1. The summed E-state index contributed by atoms with van der Waals surface area (Å²) in [5, 5.41) is 6.67. The maximum Gasteiger partial charge on any atom is 0.244 e. The van der Waals surface area contributed by atoms with Crippen LogP contribution in [0.5, 0.6) is 5.75 Å². The van der Waals surface area contributed by atoms with Crippen LogP contribution in [0, 0.1) is 6.92 Å². The van der Waals surface area contributed by atoms with E-state index in [0.29, 0.717) is 31.8 Å². The van der Waals surface area contributed by atoms with Gasteiger partial charge >= 0.3 is 0 Å². The summed E-state index contributed by atoms with van der Waals surface area (Å²) in [5.74, 6) is 0.762. The molecule has 9 heteroatoms. The van der Waals surface area contributed by atoms with Crippen LogP contribution in [0.4, 0.5) is 5.69 Å². The van der Waals surface area contributed by atoms with Crippen molar-refractivity contribution in [1.82, 2.24) is 19.6 Å². The summed E-state index contributed by atoms with van der Waals surface area (Å²) < 4.78 is 12.8. The van der Waals surface area contributed by atoms with Crippen LogP contribution in [-0.2, 0) is 20.9 Å². The van der Waals surface area contributed by atoms with Gasteiger partial charge in [-0.15, -0.1) is 0 Å². The van der Waals surface area contributed by atoms with Gasteiger partial charge < -0.3 is 19.7 Å². The van der Waals surface area contributed by atoms with Gasteiger partial charge in [0.1, 0.15) is 18.9 Å². The molecule has 1 aromatic carbocycles. The molecule has 0 spiro atoms. The number of carbonyl (C=O) groups excluding carboxylic acids is 2. The lowest BCUT2D eigenvalue weighted by atomic mass is 10.2. The van der Waals surface area contributed by atoms with Gasteiger partial charge in [-0.25, -0.2) is 0 Å². The maximum atomic E-state index is 12.9. The molecule has 0 saturated carbocycles. The van der Waals surface area contributed by atoms with Gasteiger partial charge in [0.2, 0.25) is 12.3 Å². The van der Waals surface area contributed by atoms with E-state index in [-0.39, 0.29) is 12.5 Å². The van der Waals surface area contributed by atoms with Crippen LogP contribution in [0.3, 0.4) is 0 Å². The van der Waals surface area contributed by atoms with Gasteiger partial charge in [-0.05, 0) is 25.5 Å². The molecular formula is C22H31N5O4. The zero-order chi connectivity index (χ0) is 21.9. The maximum absolute atomic E-state index is 12.9. The van der Waals surface area contributed by atoms with E-state index in [9.17, 15) is 9.59 Å². The molecular weight excluding hydrogens is 398 g/mol. The molecule has 0 atom stereocenters. The first-order valence-electron chi connectivity index (χ1n) is 10.6. The minimum Gasteiger partial charge on any atom is -0.492 e. The summed E-state index contributed by atoms with van der Waals surface area (Å²) in [6.45, 7) is 8.05. The van der Waals surface area contributed by atoms with Crippen molar-refractivity contribution in [3.63, 3.8) is 0 Å². The van der Waals surface area contributed by atoms with Crippen molar-refractivity contribution >= 4 is 18.0 Å². The number of nitrogens with zero attached hydrogens (tertiary/aromatic N) is 4. The van der Waals surface area contributed by atoms with E-state index in [4.69, 9.17) is 9.47 Å². The van der Waals surface area contributed by atoms with E-state index >= 15 is 0 Å². The largest absolute Gasteiger partial charge is 0.492 e. The van der Waals surface area contributed by atoms with Gasteiger partial charge in [-0.2, -0.15) is 5.10 Å². The molecule has 2 amide bonds. The Morgan fingerprint density at radius 3 is 2.77 bits per heavy atom. The monoisotopic (exact) mass is 429 g/mol. The summed E-state index contributed by atoms with van der Waals surface area (Å²) >= 11 is 0. The number of nitrogens with one attached hydrogen (secondary N) is 1. The first-order valence-corrected chi connectivity index (χ1v) is 10.6. The average molecular weight is 430 g/mol. The highest BCUT2D eigenvalue weighted by molar-refractivity contribution is 5.76. The van der Waals surface area contributed by atoms with Crippen molar-refractivity contribution in [2.75, 3.05) is 57.9 Å². The lowest BCUT2D eigenvalue weighted by molar-refractivity contribution is -0.132. The number of carbonyl (C=O) groups is 2. The van der Waals surface area contributed by atoms with Crippen LogP contribution in [0.25, 0.3) is 0 Å². The first-order chi connectivity index (χ1) is 15.1. The Balaban J connectivity index is 1.52. The van der Waals surface area contributed by atoms with E-state index in [1.807, 2.05) is 36.1 Å². The van der Waals surface area contributed by atoms with Crippen molar-refractivity contribution in [2.24, 2.45) is 0 Å². The fourth-order valence-electron chi connectivity index (χ4n) is 3.41. The SMILES string of the molecule is Cc1ccc(OCCN(CCCN2CCOCC2)C(=O)Cn2cc(NC=O)cn2)cc1. The predicted octanol–water partition coefficient (Wildman–Crippen LogP) is 1.39. The molecule has 1 N–H and O–H groups in total. The fraction of sp³-hybridized carbons (Fsp3) is 0.500. The lowest BCUT2D eigenvalue weighted by Crippen LogP contribution is -2.41. The van der Waals surface area contributed by atoms with Crippen LogP contribution in [0.1, 0.15) is 12.0 Å². The highest BCUT2D eigenvalue weighted by atomic mass is 16.5. The van der Waals surface area contributed by atoms with E-state index in [2.05, 4.69) is 15.3 Å². The van der Waals surface area contributed by atoms with Gasteiger partial charge in [0, 0.05) is 32.4 Å². The summed E-state index contributed by atoms with van der Waals surface area (Å²) in [5.41, 5.74) is 1.74. The van der Waals surface area contributed by atoms with Gasteiger partial charge in [0.25, 0.3) is 0 Å². The summed E-state index contributed by atoms with van der Waals surface area (Å²) in [4.78, 5) is 27.7.